The third-order valence-electron chi connectivity index (χ3n) is 3.52. The molecule has 0 saturated carbocycles. The summed E-state index contributed by atoms with van der Waals surface area (Å²) in [5, 5.41) is 5.71. The number of nitrogens with one attached hydrogen (secondary N) is 2. The standard InChI is InChI=1S/C17H17F3N2S/c1-3-10-6-5-7-11(4-2)16(10)22-17(23)21-13-9-8-12(18)14(19)15(13)20/h5-9H,3-4H2,1-2H3,(H2,21,22,23). The molecule has 0 heterocycles. The Morgan fingerprint density at radius 1 is 0.913 bits per heavy atom. The van der Waals surface area contributed by atoms with Crippen molar-refractivity contribution < 1.29 is 13.2 Å². The molecule has 0 aliphatic rings. The quantitative estimate of drug-likeness (QED) is 0.603. The number of thiocarbonyl (C=S) groups is 1. The predicted molar refractivity (Wildman–Crippen MR) is 91.4 cm³/mol. The molecule has 0 aromatic heterocycles. The fourth-order valence-electron chi connectivity index (χ4n) is 2.29. The van der Waals surface area contributed by atoms with Gasteiger partial charge in [-0.25, -0.2) is 13.2 Å². The second kappa shape index (κ2) is 7.46. The number of aryl methyl sites for hydroxylation is 2. The summed E-state index contributed by atoms with van der Waals surface area (Å²) < 4.78 is 39.9. The van der Waals surface area contributed by atoms with Gasteiger partial charge in [0, 0.05) is 5.69 Å². The van der Waals surface area contributed by atoms with Crippen molar-refractivity contribution in [3.63, 3.8) is 0 Å². The van der Waals surface area contributed by atoms with Crippen LogP contribution in [0.1, 0.15) is 25.0 Å². The third kappa shape index (κ3) is 3.82. The van der Waals surface area contributed by atoms with Gasteiger partial charge in [0.1, 0.15) is 0 Å². The summed E-state index contributed by atoms with van der Waals surface area (Å²) in [6.45, 7) is 4.04. The molecule has 0 fully saturated rings. The van der Waals surface area contributed by atoms with E-state index in [9.17, 15) is 13.2 Å². The van der Waals surface area contributed by atoms with E-state index in [-0.39, 0.29) is 10.8 Å². The maximum atomic E-state index is 13.7. The Hall–Kier alpha value is -2.08. The molecular formula is C17H17F3N2S. The molecule has 2 aromatic carbocycles. The summed E-state index contributed by atoms with van der Waals surface area (Å²) in [6.07, 6.45) is 1.61. The van der Waals surface area contributed by atoms with Crippen LogP contribution in [0.5, 0.6) is 0 Å². The molecule has 0 atom stereocenters. The van der Waals surface area contributed by atoms with E-state index < -0.39 is 17.5 Å². The highest BCUT2D eigenvalue weighted by Gasteiger charge is 2.15. The Labute approximate surface area is 138 Å². The monoisotopic (exact) mass is 338 g/mol. The lowest BCUT2D eigenvalue weighted by Crippen LogP contribution is -2.22. The Balaban J connectivity index is 2.22. The molecular weight excluding hydrogens is 321 g/mol. The zero-order valence-electron chi connectivity index (χ0n) is 12.8. The van der Waals surface area contributed by atoms with E-state index in [1.54, 1.807) is 0 Å². The van der Waals surface area contributed by atoms with Gasteiger partial charge >= 0.3 is 0 Å². The van der Waals surface area contributed by atoms with E-state index in [2.05, 4.69) is 10.6 Å². The fourth-order valence-corrected chi connectivity index (χ4v) is 2.50. The maximum Gasteiger partial charge on any atom is 0.196 e. The minimum Gasteiger partial charge on any atom is -0.332 e. The van der Waals surface area contributed by atoms with Gasteiger partial charge in [0.05, 0.1) is 5.69 Å². The van der Waals surface area contributed by atoms with Crippen molar-refractivity contribution >= 4 is 28.7 Å². The summed E-state index contributed by atoms with van der Waals surface area (Å²) in [4.78, 5) is 0. The average Bonchev–Trinajstić information content (AvgIpc) is 2.55. The van der Waals surface area contributed by atoms with Crippen LogP contribution in [0.15, 0.2) is 30.3 Å². The summed E-state index contributed by atoms with van der Waals surface area (Å²) >= 11 is 5.16. The molecule has 0 aliphatic heterocycles. The van der Waals surface area contributed by atoms with E-state index >= 15 is 0 Å². The highest BCUT2D eigenvalue weighted by atomic mass is 32.1. The van der Waals surface area contributed by atoms with Crippen LogP contribution in [0, 0.1) is 17.5 Å². The summed E-state index contributed by atoms with van der Waals surface area (Å²) in [5.74, 6) is -4.06. The van der Waals surface area contributed by atoms with Gasteiger partial charge in [0.15, 0.2) is 22.6 Å². The smallest absolute Gasteiger partial charge is 0.196 e. The Kier molecular flexibility index (Phi) is 5.60. The van der Waals surface area contributed by atoms with Gasteiger partial charge in [-0.1, -0.05) is 32.0 Å². The first-order valence-electron chi connectivity index (χ1n) is 7.30. The predicted octanol–water partition coefficient (Wildman–Crippen LogP) is 5.04. The largest absolute Gasteiger partial charge is 0.332 e. The van der Waals surface area contributed by atoms with Crippen LogP contribution >= 0.6 is 12.2 Å². The molecule has 2 nitrogen and oxygen atoms in total. The van der Waals surface area contributed by atoms with Crippen LogP contribution in [0.3, 0.4) is 0 Å². The highest BCUT2D eigenvalue weighted by molar-refractivity contribution is 7.80. The number of para-hydroxylation sites is 1. The minimum absolute atomic E-state index is 0.116. The first kappa shape index (κ1) is 17.3. The summed E-state index contributed by atoms with van der Waals surface area (Å²) in [7, 11) is 0. The topological polar surface area (TPSA) is 24.1 Å². The van der Waals surface area contributed by atoms with Crippen molar-refractivity contribution in [3.8, 4) is 0 Å². The molecule has 0 bridgehead atoms. The second-order valence-corrected chi connectivity index (χ2v) is 5.37. The Morgan fingerprint density at radius 3 is 2.09 bits per heavy atom. The Bertz CT molecular complexity index is 710. The molecule has 0 amide bonds. The zero-order chi connectivity index (χ0) is 17.0. The lowest BCUT2D eigenvalue weighted by molar-refractivity contribution is 0.449. The van der Waals surface area contributed by atoms with Crippen molar-refractivity contribution in [3.05, 3.63) is 58.9 Å². The molecule has 122 valence electrons. The Morgan fingerprint density at radius 2 is 1.52 bits per heavy atom. The van der Waals surface area contributed by atoms with Gasteiger partial charge in [-0.15, -0.1) is 0 Å². The molecule has 0 saturated heterocycles. The lowest BCUT2D eigenvalue weighted by Gasteiger charge is -2.17. The lowest BCUT2D eigenvalue weighted by atomic mass is 10.0. The van der Waals surface area contributed by atoms with Crippen LogP contribution in [0.2, 0.25) is 0 Å². The number of benzene rings is 2. The van der Waals surface area contributed by atoms with Crippen LogP contribution in [-0.4, -0.2) is 5.11 Å². The molecule has 0 unspecified atom stereocenters. The molecule has 2 aromatic rings. The SMILES string of the molecule is CCc1cccc(CC)c1NC(=S)Nc1ccc(F)c(F)c1F. The maximum absolute atomic E-state index is 13.7. The first-order chi connectivity index (χ1) is 11.0. The molecule has 23 heavy (non-hydrogen) atoms. The number of anilines is 2. The third-order valence-corrected chi connectivity index (χ3v) is 3.72. The van der Waals surface area contributed by atoms with Crippen molar-refractivity contribution in [2.45, 2.75) is 26.7 Å². The second-order valence-electron chi connectivity index (χ2n) is 4.96. The molecule has 0 radical (unpaired) electrons. The normalized spacial score (nSPS) is 10.5. The molecule has 2 N–H and O–H groups in total. The zero-order valence-corrected chi connectivity index (χ0v) is 13.7. The van der Waals surface area contributed by atoms with Crippen LogP contribution in [-0.2, 0) is 12.8 Å². The molecule has 0 aliphatic carbocycles. The van der Waals surface area contributed by atoms with Crippen LogP contribution in [0.4, 0.5) is 24.5 Å². The van der Waals surface area contributed by atoms with Gasteiger partial charge in [-0.2, -0.15) is 0 Å². The average molecular weight is 338 g/mol. The van der Waals surface area contributed by atoms with Gasteiger partial charge in [0.25, 0.3) is 0 Å². The number of hydrogen-bond donors (Lipinski definition) is 2. The van der Waals surface area contributed by atoms with Crippen molar-refractivity contribution in [2.75, 3.05) is 10.6 Å². The fraction of sp³-hybridized carbons (Fsp3) is 0.235. The van der Waals surface area contributed by atoms with E-state index in [0.29, 0.717) is 0 Å². The minimum atomic E-state index is -1.53. The number of rotatable bonds is 4. The van der Waals surface area contributed by atoms with Crippen LogP contribution < -0.4 is 10.6 Å². The van der Waals surface area contributed by atoms with E-state index in [1.807, 2.05) is 32.0 Å². The van der Waals surface area contributed by atoms with Crippen molar-refractivity contribution in [1.82, 2.24) is 0 Å². The summed E-state index contributed by atoms with van der Waals surface area (Å²) in [6, 6.07) is 7.87. The van der Waals surface area contributed by atoms with Gasteiger partial charge in [-0.3, -0.25) is 0 Å². The number of halogens is 3. The highest BCUT2D eigenvalue weighted by Crippen LogP contribution is 2.24. The van der Waals surface area contributed by atoms with E-state index in [1.165, 1.54) is 0 Å². The molecule has 2 rings (SSSR count). The van der Waals surface area contributed by atoms with Gasteiger partial charge in [0.2, 0.25) is 0 Å². The van der Waals surface area contributed by atoms with Crippen LogP contribution in [0.25, 0.3) is 0 Å². The van der Waals surface area contributed by atoms with Gasteiger partial charge < -0.3 is 10.6 Å². The molecule has 0 spiro atoms. The number of hydrogen-bond acceptors (Lipinski definition) is 1. The van der Waals surface area contributed by atoms with Crippen molar-refractivity contribution in [1.29, 1.82) is 0 Å². The van der Waals surface area contributed by atoms with Gasteiger partial charge in [-0.05, 0) is 48.3 Å². The summed E-state index contributed by atoms with van der Waals surface area (Å²) in [5.41, 5.74) is 2.78. The molecule has 6 heteroatoms. The first-order valence-corrected chi connectivity index (χ1v) is 7.71. The van der Waals surface area contributed by atoms with E-state index in [4.69, 9.17) is 12.2 Å². The van der Waals surface area contributed by atoms with Crippen molar-refractivity contribution in [2.24, 2.45) is 0 Å². The van der Waals surface area contributed by atoms with E-state index in [0.717, 1.165) is 41.8 Å².